The second-order valence-corrected chi connectivity index (χ2v) is 11.2. The topological polar surface area (TPSA) is 83.4 Å². The number of hydrogen-bond donors (Lipinski definition) is 1. The second kappa shape index (κ2) is 9.60. The van der Waals surface area contributed by atoms with Gasteiger partial charge in [-0.3, -0.25) is 14.3 Å². The van der Waals surface area contributed by atoms with E-state index >= 15 is 0 Å². The van der Waals surface area contributed by atoms with Crippen molar-refractivity contribution < 1.29 is 9.59 Å². The highest BCUT2D eigenvalue weighted by Gasteiger charge is 2.27. The van der Waals surface area contributed by atoms with Gasteiger partial charge in [-0.25, -0.2) is 4.98 Å². The zero-order valence-electron chi connectivity index (χ0n) is 19.6. The Hall–Kier alpha value is -2.95. The van der Waals surface area contributed by atoms with Crippen molar-refractivity contribution in [2.45, 2.75) is 12.8 Å². The van der Waals surface area contributed by atoms with Crippen LogP contribution in [0.25, 0.3) is 20.8 Å². The molecule has 5 rings (SSSR count). The molecule has 8 nitrogen and oxygen atoms in total. The highest BCUT2D eigenvalue weighted by Crippen LogP contribution is 2.36. The zero-order valence-corrected chi connectivity index (χ0v) is 22.0. The van der Waals surface area contributed by atoms with Gasteiger partial charge in [0.1, 0.15) is 10.5 Å². The summed E-state index contributed by atoms with van der Waals surface area (Å²) < 4.78 is 2.67. The molecule has 4 aromatic rings. The fraction of sp³-hybridized carbons (Fsp3) is 0.333. The van der Waals surface area contributed by atoms with Crippen molar-refractivity contribution >= 4 is 66.4 Å². The lowest BCUT2D eigenvalue weighted by Gasteiger charge is -2.32. The van der Waals surface area contributed by atoms with Crippen LogP contribution in [0, 0.1) is 5.92 Å². The van der Waals surface area contributed by atoms with Gasteiger partial charge in [-0.1, -0.05) is 35.1 Å². The van der Waals surface area contributed by atoms with Crippen LogP contribution in [0.15, 0.2) is 36.5 Å². The van der Waals surface area contributed by atoms with E-state index in [1.54, 1.807) is 27.1 Å². The minimum Gasteiger partial charge on any atom is -0.349 e. The molecule has 3 aromatic heterocycles. The Balaban J connectivity index is 1.22. The molecular formula is C24H25ClN6O2S2. The van der Waals surface area contributed by atoms with Crippen LogP contribution in [0.3, 0.4) is 0 Å². The molecule has 1 N–H and O–H groups in total. The summed E-state index contributed by atoms with van der Waals surface area (Å²) in [6, 6.07) is 9.37. The quantitative estimate of drug-likeness (QED) is 0.395. The van der Waals surface area contributed by atoms with E-state index in [1.165, 1.54) is 11.3 Å². The molecule has 0 aliphatic carbocycles. The van der Waals surface area contributed by atoms with Crippen molar-refractivity contribution in [3.05, 3.63) is 46.4 Å². The lowest BCUT2D eigenvalue weighted by molar-refractivity contribution is -0.133. The molecule has 0 saturated carbocycles. The first-order valence-electron chi connectivity index (χ1n) is 11.3. The molecular weight excluding hydrogens is 504 g/mol. The number of thiazole rings is 1. The Labute approximate surface area is 216 Å². The van der Waals surface area contributed by atoms with Gasteiger partial charge in [0.05, 0.1) is 14.6 Å². The minimum absolute atomic E-state index is 0.0904. The van der Waals surface area contributed by atoms with Crippen molar-refractivity contribution in [1.82, 2.24) is 19.7 Å². The molecule has 1 aliphatic heterocycles. The smallest absolute Gasteiger partial charge is 0.265 e. The summed E-state index contributed by atoms with van der Waals surface area (Å²) in [7, 11) is 5.44. The van der Waals surface area contributed by atoms with Gasteiger partial charge in [0.15, 0.2) is 5.13 Å². The number of rotatable bonds is 5. The number of carbonyl (C=O) groups is 2. The number of anilines is 2. The van der Waals surface area contributed by atoms with E-state index in [1.807, 2.05) is 51.5 Å². The van der Waals surface area contributed by atoms with E-state index in [9.17, 15) is 9.59 Å². The third-order valence-corrected chi connectivity index (χ3v) is 8.55. The normalized spacial score (nSPS) is 14.5. The van der Waals surface area contributed by atoms with Gasteiger partial charge in [0, 0.05) is 57.6 Å². The summed E-state index contributed by atoms with van der Waals surface area (Å²) in [6.45, 7) is 1.64. The number of carbonyl (C=O) groups excluding carboxylic acids is 2. The van der Waals surface area contributed by atoms with Crippen molar-refractivity contribution in [2.24, 2.45) is 13.0 Å². The molecule has 2 amide bonds. The molecule has 4 heterocycles. The van der Waals surface area contributed by atoms with Crippen LogP contribution in [-0.2, 0) is 11.8 Å². The maximum absolute atomic E-state index is 12.8. The number of piperidine rings is 1. The van der Waals surface area contributed by atoms with Crippen molar-refractivity contribution in [2.75, 3.05) is 37.4 Å². The lowest BCUT2D eigenvalue weighted by atomic mass is 9.96. The fourth-order valence-electron chi connectivity index (χ4n) is 4.21. The molecule has 35 heavy (non-hydrogen) atoms. The van der Waals surface area contributed by atoms with Crippen LogP contribution in [-0.4, -0.2) is 58.7 Å². The largest absolute Gasteiger partial charge is 0.349 e. The number of aryl methyl sites for hydroxylation is 1. The van der Waals surface area contributed by atoms with Crippen LogP contribution in [0.2, 0.25) is 5.02 Å². The molecule has 1 aliphatic rings. The Bertz CT molecular complexity index is 1350. The van der Waals surface area contributed by atoms with Gasteiger partial charge in [-0.2, -0.15) is 5.10 Å². The van der Waals surface area contributed by atoms with Gasteiger partial charge >= 0.3 is 0 Å². The third kappa shape index (κ3) is 4.91. The van der Waals surface area contributed by atoms with Gasteiger partial charge in [0.2, 0.25) is 5.91 Å². The predicted molar refractivity (Wildman–Crippen MR) is 143 cm³/mol. The zero-order chi connectivity index (χ0) is 24.7. The summed E-state index contributed by atoms with van der Waals surface area (Å²) in [5.74, 6) is 0.136. The van der Waals surface area contributed by atoms with Crippen molar-refractivity contribution in [3.63, 3.8) is 0 Å². The maximum atomic E-state index is 12.8. The van der Waals surface area contributed by atoms with Crippen molar-refractivity contribution in [3.8, 4) is 11.3 Å². The fourth-order valence-corrected chi connectivity index (χ4v) is 6.66. The first-order chi connectivity index (χ1) is 16.8. The van der Waals surface area contributed by atoms with Crippen LogP contribution < -0.4 is 10.2 Å². The van der Waals surface area contributed by atoms with Gasteiger partial charge in [-0.15, -0.1) is 11.3 Å². The SMILES string of the molecule is CN(C)C(=O)C1CCN(c2nc3sc(C(=O)Nc4ccc(-c5nn(C)cc5Cl)cc4)cc3s2)CC1. The molecule has 0 spiro atoms. The lowest BCUT2D eigenvalue weighted by Crippen LogP contribution is -2.40. The molecule has 11 heteroatoms. The number of amides is 2. The molecule has 182 valence electrons. The van der Waals surface area contributed by atoms with Gasteiger partial charge in [-0.05, 0) is 31.0 Å². The number of nitrogens with one attached hydrogen (secondary N) is 1. The van der Waals surface area contributed by atoms with E-state index in [0.29, 0.717) is 21.3 Å². The molecule has 0 atom stereocenters. The summed E-state index contributed by atoms with van der Waals surface area (Å²) >= 11 is 9.22. The van der Waals surface area contributed by atoms with E-state index < -0.39 is 0 Å². The third-order valence-electron chi connectivity index (χ3n) is 6.06. The average Bonchev–Trinajstić information content (AvgIpc) is 3.52. The number of benzene rings is 1. The highest BCUT2D eigenvalue weighted by atomic mass is 35.5. The Morgan fingerprint density at radius 3 is 2.46 bits per heavy atom. The van der Waals surface area contributed by atoms with Crippen LogP contribution in [0.1, 0.15) is 22.5 Å². The maximum Gasteiger partial charge on any atom is 0.265 e. The number of fused-ring (bicyclic) bond motifs is 1. The first-order valence-corrected chi connectivity index (χ1v) is 13.3. The molecule has 0 unspecified atom stereocenters. The van der Waals surface area contributed by atoms with E-state index in [0.717, 1.165) is 46.2 Å². The number of nitrogens with zero attached hydrogens (tertiary/aromatic N) is 5. The second-order valence-electron chi connectivity index (χ2n) is 8.80. The number of hydrogen-bond acceptors (Lipinski definition) is 7. The Morgan fingerprint density at radius 1 is 1.14 bits per heavy atom. The first kappa shape index (κ1) is 23.8. The summed E-state index contributed by atoms with van der Waals surface area (Å²) in [5, 5.41) is 8.86. The highest BCUT2D eigenvalue weighted by molar-refractivity contribution is 7.29. The van der Waals surface area contributed by atoms with Crippen molar-refractivity contribution in [1.29, 1.82) is 0 Å². The monoisotopic (exact) mass is 528 g/mol. The van der Waals surface area contributed by atoms with E-state index in [-0.39, 0.29) is 17.7 Å². The Kier molecular flexibility index (Phi) is 6.52. The molecule has 1 saturated heterocycles. The summed E-state index contributed by atoms with van der Waals surface area (Å²) in [6.07, 6.45) is 3.43. The van der Waals surface area contributed by atoms with Crippen LogP contribution >= 0.6 is 34.3 Å². The number of halogens is 1. The van der Waals surface area contributed by atoms with Crippen LogP contribution in [0.5, 0.6) is 0 Å². The predicted octanol–water partition coefficient (Wildman–Crippen LogP) is 4.97. The van der Waals surface area contributed by atoms with E-state index in [2.05, 4.69) is 15.3 Å². The number of thiophene rings is 1. The number of aromatic nitrogens is 3. The molecule has 1 aromatic carbocycles. The van der Waals surface area contributed by atoms with E-state index in [4.69, 9.17) is 16.6 Å². The van der Waals surface area contributed by atoms with Gasteiger partial charge < -0.3 is 15.1 Å². The Morgan fingerprint density at radius 2 is 1.86 bits per heavy atom. The van der Waals surface area contributed by atoms with Crippen LogP contribution in [0.4, 0.5) is 10.8 Å². The minimum atomic E-state index is -0.159. The molecule has 1 fully saturated rings. The molecule has 0 bridgehead atoms. The molecule has 0 radical (unpaired) electrons. The average molecular weight is 529 g/mol. The summed E-state index contributed by atoms with van der Waals surface area (Å²) in [5.41, 5.74) is 2.30. The summed E-state index contributed by atoms with van der Waals surface area (Å²) in [4.78, 5) is 35.2. The standard InChI is InChI=1S/C24H25ClN6O2S2/c1-29(2)23(33)15-8-10-31(11-9-15)24-27-22-19(35-24)12-18(34-22)21(32)26-16-6-4-14(5-7-16)20-17(25)13-30(3)28-20/h4-7,12-13,15H,8-11H2,1-3H3,(H,26,32). The van der Waals surface area contributed by atoms with Gasteiger partial charge in [0.25, 0.3) is 5.91 Å².